The summed E-state index contributed by atoms with van der Waals surface area (Å²) >= 11 is 0. The molecule has 0 aromatic heterocycles. The van der Waals surface area contributed by atoms with E-state index in [1.807, 2.05) is 61.5 Å². The van der Waals surface area contributed by atoms with Crippen molar-refractivity contribution in [1.82, 2.24) is 4.90 Å². The number of carbonyl (C=O) groups is 3. The fraction of sp³-hybridized carbons (Fsp3) is 0.400. The largest absolute Gasteiger partial charge is 0.494 e. The van der Waals surface area contributed by atoms with Crippen LogP contribution in [0.2, 0.25) is 0 Å². The van der Waals surface area contributed by atoms with E-state index >= 15 is 0 Å². The number of hydrogen-bond donors (Lipinski definition) is 1. The molecule has 168 valence electrons. The van der Waals surface area contributed by atoms with Gasteiger partial charge in [-0.2, -0.15) is 0 Å². The van der Waals surface area contributed by atoms with Gasteiger partial charge in [-0.25, -0.2) is 0 Å². The number of hydrogen-bond acceptors (Lipinski definition) is 4. The predicted molar refractivity (Wildman–Crippen MR) is 122 cm³/mol. The number of piperidine rings is 1. The van der Waals surface area contributed by atoms with E-state index in [-0.39, 0.29) is 36.0 Å². The number of nitrogens with zero attached hydrogens (tertiary/aromatic N) is 2. The summed E-state index contributed by atoms with van der Waals surface area (Å²) in [7, 11) is 0. The standard InChI is InChI=1S/C25H29N3O4/c1-2-32-22-12-10-21(11-13-22)28-17-19(15-23(28)29)25(31)27-14-6-7-18(16-27)24(30)26-20-8-4-3-5-9-20/h3-5,8-13,18-19H,2,6-7,14-17H2,1H3,(H,26,30)/t18-,19+/m1/s1. The first-order valence-corrected chi connectivity index (χ1v) is 11.2. The van der Waals surface area contributed by atoms with Crippen LogP contribution in [-0.2, 0) is 14.4 Å². The van der Waals surface area contributed by atoms with Gasteiger partial charge >= 0.3 is 0 Å². The Bertz CT molecular complexity index is 961. The maximum atomic E-state index is 13.2. The van der Waals surface area contributed by atoms with Crippen molar-refractivity contribution < 1.29 is 19.1 Å². The number of anilines is 2. The van der Waals surface area contributed by atoms with Gasteiger partial charge in [0.2, 0.25) is 17.7 Å². The topological polar surface area (TPSA) is 79.0 Å². The number of amides is 3. The molecule has 0 aliphatic carbocycles. The lowest BCUT2D eigenvalue weighted by Crippen LogP contribution is -2.46. The molecule has 0 radical (unpaired) electrons. The Morgan fingerprint density at radius 3 is 2.50 bits per heavy atom. The molecule has 2 saturated heterocycles. The van der Waals surface area contributed by atoms with Crippen molar-refractivity contribution in [3.05, 3.63) is 54.6 Å². The SMILES string of the molecule is CCOc1ccc(N2C[C@@H](C(=O)N3CCC[C@@H](C(=O)Nc4ccccc4)C3)CC2=O)cc1. The summed E-state index contributed by atoms with van der Waals surface area (Å²) in [4.78, 5) is 41.9. The van der Waals surface area contributed by atoms with E-state index in [0.717, 1.165) is 30.0 Å². The average Bonchev–Trinajstić information content (AvgIpc) is 3.21. The first kappa shape index (κ1) is 21.9. The van der Waals surface area contributed by atoms with Gasteiger partial charge in [0.25, 0.3) is 0 Å². The number of para-hydroxylation sites is 1. The minimum absolute atomic E-state index is 0.0380. The Morgan fingerprint density at radius 1 is 1.03 bits per heavy atom. The van der Waals surface area contributed by atoms with Crippen LogP contribution in [0, 0.1) is 11.8 Å². The zero-order valence-corrected chi connectivity index (χ0v) is 18.3. The highest BCUT2D eigenvalue weighted by molar-refractivity contribution is 6.00. The number of rotatable bonds is 6. The number of nitrogens with one attached hydrogen (secondary N) is 1. The van der Waals surface area contributed by atoms with Crippen LogP contribution < -0.4 is 15.0 Å². The summed E-state index contributed by atoms with van der Waals surface area (Å²) in [6, 6.07) is 16.7. The maximum absolute atomic E-state index is 13.2. The van der Waals surface area contributed by atoms with Gasteiger partial charge in [0.05, 0.1) is 18.4 Å². The molecule has 7 nitrogen and oxygen atoms in total. The van der Waals surface area contributed by atoms with E-state index in [0.29, 0.717) is 26.2 Å². The second-order valence-electron chi connectivity index (χ2n) is 8.31. The third kappa shape index (κ3) is 4.93. The average molecular weight is 436 g/mol. The normalized spacial score (nSPS) is 20.8. The van der Waals surface area contributed by atoms with Crippen LogP contribution >= 0.6 is 0 Å². The fourth-order valence-corrected chi connectivity index (χ4v) is 4.43. The maximum Gasteiger partial charge on any atom is 0.229 e. The van der Waals surface area contributed by atoms with Gasteiger partial charge in [0.15, 0.2) is 0 Å². The van der Waals surface area contributed by atoms with Crippen molar-refractivity contribution >= 4 is 29.1 Å². The Hall–Kier alpha value is -3.35. The highest BCUT2D eigenvalue weighted by Gasteiger charge is 2.39. The van der Waals surface area contributed by atoms with E-state index < -0.39 is 0 Å². The van der Waals surface area contributed by atoms with Crippen molar-refractivity contribution in [3.63, 3.8) is 0 Å². The van der Waals surface area contributed by atoms with Gasteiger partial charge in [-0.05, 0) is 56.2 Å². The highest BCUT2D eigenvalue weighted by Crippen LogP contribution is 2.29. The lowest BCUT2D eigenvalue weighted by Gasteiger charge is -2.33. The summed E-state index contributed by atoms with van der Waals surface area (Å²) in [5, 5.41) is 2.94. The molecular weight excluding hydrogens is 406 g/mol. The lowest BCUT2D eigenvalue weighted by atomic mass is 9.95. The van der Waals surface area contributed by atoms with Gasteiger partial charge in [0.1, 0.15) is 5.75 Å². The minimum Gasteiger partial charge on any atom is -0.494 e. The molecule has 32 heavy (non-hydrogen) atoms. The number of likely N-dealkylation sites (tertiary alicyclic amines) is 1. The van der Waals surface area contributed by atoms with Gasteiger partial charge < -0.3 is 19.9 Å². The van der Waals surface area contributed by atoms with Gasteiger partial charge in [0, 0.05) is 37.4 Å². The molecule has 7 heteroatoms. The molecule has 1 N–H and O–H groups in total. The van der Waals surface area contributed by atoms with Gasteiger partial charge in [-0.15, -0.1) is 0 Å². The van der Waals surface area contributed by atoms with E-state index in [1.165, 1.54) is 0 Å². The second kappa shape index (κ2) is 9.85. The zero-order chi connectivity index (χ0) is 22.5. The smallest absolute Gasteiger partial charge is 0.229 e. The Balaban J connectivity index is 1.36. The first-order valence-electron chi connectivity index (χ1n) is 11.2. The summed E-state index contributed by atoms with van der Waals surface area (Å²) < 4.78 is 5.46. The van der Waals surface area contributed by atoms with E-state index in [2.05, 4.69) is 5.32 Å². The first-order chi connectivity index (χ1) is 15.5. The number of ether oxygens (including phenoxy) is 1. The Morgan fingerprint density at radius 2 is 1.78 bits per heavy atom. The van der Waals surface area contributed by atoms with E-state index in [1.54, 1.807) is 9.80 Å². The minimum atomic E-state index is -0.384. The summed E-state index contributed by atoms with van der Waals surface area (Å²) in [5.41, 5.74) is 1.53. The van der Waals surface area contributed by atoms with E-state index in [4.69, 9.17) is 4.74 Å². The van der Waals surface area contributed by atoms with Crippen LogP contribution in [-0.4, -0.2) is 48.9 Å². The summed E-state index contributed by atoms with van der Waals surface area (Å²) in [5.74, 6) is -0.0278. The third-order valence-electron chi connectivity index (χ3n) is 6.08. The van der Waals surface area contributed by atoms with Crippen LogP contribution in [0.3, 0.4) is 0 Å². The highest BCUT2D eigenvalue weighted by atomic mass is 16.5. The van der Waals surface area contributed by atoms with Crippen molar-refractivity contribution in [2.45, 2.75) is 26.2 Å². The Kier molecular flexibility index (Phi) is 6.73. The monoisotopic (exact) mass is 435 g/mol. The molecule has 2 heterocycles. The molecule has 3 amide bonds. The predicted octanol–water partition coefficient (Wildman–Crippen LogP) is 3.32. The molecule has 2 aromatic carbocycles. The molecule has 2 aromatic rings. The van der Waals surface area contributed by atoms with Crippen molar-refractivity contribution in [3.8, 4) is 5.75 Å². The van der Waals surface area contributed by atoms with Gasteiger partial charge in [-0.3, -0.25) is 14.4 Å². The van der Waals surface area contributed by atoms with Crippen molar-refractivity contribution in [1.29, 1.82) is 0 Å². The van der Waals surface area contributed by atoms with Crippen molar-refractivity contribution in [2.75, 3.05) is 36.5 Å². The molecule has 0 bridgehead atoms. The summed E-state index contributed by atoms with van der Waals surface area (Å²) in [6.07, 6.45) is 1.73. The van der Waals surface area contributed by atoms with E-state index in [9.17, 15) is 14.4 Å². The molecule has 0 spiro atoms. The molecular formula is C25H29N3O4. The molecule has 4 rings (SSSR count). The van der Waals surface area contributed by atoms with Crippen LogP contribution in [0.4, 0.5) is 11.4 Å². The molecule has 0 unspecified atom stereocenters. The Labute approximate surface area is 188 Å². The van der Waals surface area contributed by atoms with Gasteiger partial charge in [-0.1, -0.05) is 18.2 Å². The summed E-state index contributed by atoms with van der Waals surface area (Å²) in [6.45, 7) is 3.89. The van der Waals surface area contributed by atoms with Crippen molar-refractivity contribution in [2.24, 2.45) is 11.8 Å². The van der Waals surface area contributed by atoms with Crippen LogP contribution in [0.25, 0.3) is 0 Å². The fourth-order valence-electron chi connectivity index (χ4n) is 4.43. The quantitative estimate of drug-likeness (QED) is 0.755. The molecule has 2 aliphatic rings. The number of carbonyl (C=O) groups excluding carboxylic acids is 3. The molecule has 2 atom stereocenters. The lowest BCUT2D eigenvalue weighted by molar-refractivity contribution is -0.138. The zero-order valence-electron chi connectivity index (χ0n) is 18.3. The van der Waals surface area contributed by atoms with Crippen LogP contribution in [0.5, 0.6) is 5.75 Å². The van der Waals surface area contributed by atoms with Crippen LogP contribution in [0.1, 0.15) is 26.2 Å². The van der Waals surface area contributed by atoms with Crippen LogP contribution in [0.15, 0.2) is 54.6 Å². The molecule has 2 fully saturated rings. The second-order valence-corrected chi connectivity index (χ2v) is 8.31. The third-order valence-corrected chi connectivity index (χ3v) is 6.08. The number of benzene rings is 2. The molecule has 2 aliphatic heterocycles. The molecule has 0 saturated carbocycles.